The van der Waals surface area contributed by atoms with Gasteiger partial charge in [0.05, 0.1) is 0 Å². The molecule has 1 N–H and O–H groups in total. The molecule has 0 radical (unpaired) electrons. The van der Waals surface area contributed by atoms with Crippen molar-refractivity contribution < 1.29 is 0 Å². The quantitative estimate of drug-likeness (QED) is 0.572. The summed E-state index contributed by atoms with van der Waals surface area (Å²) < 4.78 is 0. The van der Waals surface area contributed by atoms with Gasteiger partial charge >= 0.3 is 0 Å². The number of nitrogens with zero attached hydrogens (tertiary/aromatic N) is 2. The molecule has 0 fully saturated rings. The molecule has 0 heterocycles. The van der Waals surface area contributed by atoms with Gasteiger partial charge in [-0.05, 0) is 20.8 Å². The lowest BCUT2D eigenvalue weighted by Gasteiger charge is -2.18. The molecule has 0 bridgehead atoms. The lowest BCUT2D eigenvalue weighted by Crippen LogP contribution is -2.31. The Bertz CT molecular complexity index is 216. The molecule has 58 valence electrons. The first-order valence-electron chi connectivity index (χ1n) is 3.27. The molecule has 0 aromatic heterocycles. The smallest absolute Gasteiger partial charge is 0.145 e. The predicted octanol–water partition coefficient (Wildman–Crippen LogP) is 1.31. The summed E-state index contributed by atoms with van der Waals surface area (Å²) in [5.41, 5.74) is -0.00111. The molecular weight excluding hydrogens is 138 g/mol. The Kier molecular flexibility index (Phi) is 3.14. The molecule has 11 heavy (non-hydrogen) atoms. The summed E-state index contributed by atoms with van der Waals surface area (Å²) in [7, 11) is 0. The Labute approximate surface area is 66.9 Å². The van der Waals surface area contributed by atoms with Crippen LogP contribution in [0.1, 0.15) is 20.8 Å². The van der Waals surface area contributed by atoms with Crippen LogP contribution >= 0.6 is 0 Å². The first-order chi connectivity index (χ1) is 4.99. The molecule has 0 rings (SSSR count). The molecule has 0 spiro atoms. The second kappa shape index (κ2) is 3.63. The van der Waals surface area contributed by atoms with Crippen molar-refractivity contribution in [3.8, 4) is 12.1 Å². The summed E-state index contributed by atoms with van der Waals surface area (Å²) in [4.78, 5) is 0. The number of nitriles is 2. The van der Waals surface area contributed by atoms with E-state index in [1.807, 2.05) is 20.8 Å². The van der Waals surface area contributed by atoms with Gasteiger partial charge in [0, 0.05) is 11.7 Å². The highest BCUT2D eigenvalue weighted by molar-refractivity contribution is 5.34. The van der Waals surface area contributed by atoms with Crippen LogP contribution in [-0.2, 0) is 0 Å². The summed E-state index contributed by atoms with van der Waals surface area (Å²) >= 11 is 0. The first-order valence-corrected chi connectivity index (χ1v) is 3.27. The summed E-state index contributed by atoms with van der Waals surface area (Å²) in [5.74, 6) is 0. The van der Waals surface area contributed by atoms with Crippen LogP contribution in [0.3, 0.4) is 0 Å². The van der Waals surface area contributed by atoms with E-state index < -0.39 is 0 Å². The summed E-state index contributed by atoms with van der Waals surface area (Å²) in [6, 6.07) is 3.52. The second-order valence-corrected chi connectivity index (χ2v) is 3.18. The Morgan fingerprint density at radius 1 is 1.27 bits per heavy atom. The van der Waals surface area contributed by atoms with E-state index in [1.165, 1.54) is 6.20 Å². The monoisotopic (exact) mass is 149 g/mol. The lowest BCUT2D eigenvalue weighted by molar-refractivity contribution is 0.490. The number of hydrogen-bond donors (Lipinski definition) is 1. The molecule has 0 atom stereocenters. The van der Waals surface area contributed by atoms with Gasteiger partial charge < -0.3 is 5.32 Å². The summed E-state index contributed by atoms with van der Waals surface area (Å²) in [5, 5.41) is 19.6. The standard InChI is InChI=1S/C8H11N3/c1-8(2,3)11-6-7(4-9)5-10/h6,11H,1-3H3. The van der Waals surface area contributed by atoms with Gasteiger partial charge in [-0.3, -0.25) is 0 Å². The van der Waals surface area contributed by atoms with Gasteiger partial charge in [0.25, 0.3) is 0 Å². The SMILES string of the molecule is CC(C)(C)NC=C(C#N)C#N. The number of rotatable bonds is 1. The van der Waals surface area contributed by atoms with E-state index in [4.69, 9.17) is 10.5 Å². The number of hydrogen-bond acceptors (Lipinski definition) is 3. The van der Waals surface area contributed by atoms with Gasteiger partial charge in [0.1, 0.15) is 17.7 Å². The third kappa shape index (κ3) is 4.99. The zero-order chi connectivity index (χ0) is 8.91. The zero-order valence-electron chi connectivity index (χ0n) is 6.97. The molecule has 3 heteroatoms. The number of allylic oxidation sites excluding steroid dienone is 1. The van der Waals surface area contributed by atoms with Crippen LogP contribution in [0.25, 0.3) is 0 Å². The highest BCUT2D eigenvalue weighted by Gasteiger charge is 2.05. The Morgan fingerprint density at radius 3 is 2.00 bits per heavy atom. The Morgan fingerprint density at radius 2 is 1.73 bits per heavy atom. The number of nitrogens with one attached hydrogen (secondary N) is 1. The highest BCUT2D eigenvalue weighted by atomic mass is 14.9. The first kappa shape index (κ1) is 9.52. The van der Waals surface area contributed by atoms with Crippen LogP contribution in [0.15, 0.2) is 11.8 Å². The maximum absolute atomic E-state index is 8.34. The minimum atomic E-state index is -0.0983. The summed E-state index contributed by atoms with van der Waals surface area (Å²) in [6.07, 6.45) is 1.43. The van der Waals surface area contributed by atoms with Gasteiger partial charge in [-0.2, -0.15) is 10.5 Å². The van der Waals surface area contributed by atoms with Gasteiger partial charge in [-0.15, -0.1) is 0 Å². The van der Waals surface area contributed by atoms with Crippen molar-refractivity contribution in [3.63, 3.8) is 0 Å². The largest absolute Gasteiger partial charge is 0.385 e. The molecule has 0 amide bonds. The van der Waals surface area contributed by atoms with Crippen molar-refractivity contribution in [1.29, 1.82) is 10.5 Å². The molecule has 0 aromatic rings. The molecule has 0 aromatic carbocycles. The molecular formula is C8H11N3. The molecule has 0 saturated heterocycles. The highest BCUT2D eigenvalue weighted by Crippen LogP contribution is 1.99. The molecule has 3 nitrogen and oxygen atoms in total. The Balaban J connectivity index is 4.17. The van der Waals surface area contributed by atoms with Gasteiger partial charge in [-0.1, -0.05) is 0 Å². The van der Waals surface area contributed by atoms with Crippen LogP contribution in [0.5, 0.6) is 0 Å². The van der Waals surface area contributed by atoms with Crippen LogP contribution in [-0.4, -0.2) is 5.54 Å². The summed E-state index contributed by atoms with van der Waals surface area (Å²) in [6.45, 7) is 5.86. The predicted molar refractivity (Wildman–Crippen MR) is 42.2 cm³/mol. The fourth-order valence-corrected chi connectivity index (χ4v) is 0.378. The fourth-order valence-electron chi connectivity index (χ4n) is 0.378. The Hall–Kier alpha value is -1.48. The third-order valence-electron chi connectivity index (χ3n) is 0.890. The van der Waals surface area contributed by atoms with Crippen molar-refractivity contribution in [2.45, 2.75) is 26.3 Å². The van der Waals surface area contributed by atoms with Gasteiger partial charge in [-0.25, -0.2) is 0 Å². The maximum atomic E-state index is 8.34. The maximum Gasteiger partial charge on any atom is 0.145 e. The van der Waals surface area contributed by atoms with E-state index >= 15 is 0 Å². The van der Waals surface area contributed by atoms with Crippen molar-refractivity contribution in [2.24, 2.45) is 0 Å². The van der Waals surface area contributed by atoms with Gasteiger partial charge in [0.15, 0.2) is 0 Å². The van der Waals surface area contributed by atoms with Crippen LogP contribution in [0, 0.1) is 22.7 Å². The minimum Gasteiger partial charge on any atom is -0.385 e. The van der Waals surface area contributed by atoms with Crippen molar-refractivity contribution in [2.75, 3.05) is 0 Å². The molecule has 0 aliphatic rings. The molecule has 0 saturated carbocycles. The van der Waals surface area contributed by atoms with Crippen LogP contribution in [0.4, 0.5) is 0 Å². The topological polar surface area (TPSA) is 59.6 Å². The normalized spacial score (nSPS) is 9.18. The van der Waals surface area contributed by atoms with E-state index in [0.29, 0.717) is 0 Å². The fraction of sp³-hybridized carbons (Fsp3) is 0.500. The van der Waals surface area contributed by atoms with Crippen molar-refractivity contribution in [1.82, 2.24) is 5.32 Å². The average molecular weight is 149 g/mol. The van der Waals surface area contributed by atoms with Gasteiger partial charge in [0.2, 0.25) is 0 Å². The van der Waals surface area contributed by atoms with E-state index in [1.54, 1.807) is 12.1 Å². The average Bonchev–Trinajstić information content (AvgIpc) is 1.88. The van der Waals surface area contributed by atoms with Crippen molar-refractivity contribution in [3.05, 3.63) is 11.8 Å². The van der Waals surface area contributed by atoms with E-state index in [2.05, 4.69) is 5.32 Å². The van der Waals surface area contributed by atoms with Crippen LogP contribution < -0.4 is 5.32 Å². The lowest BCUT2D eigenvalue weighted by atomic mass is 10.1. The van der Waals surface area contributed by atoms with E-state index in [0.717, 1.165) is 0 Å². The van der Waals surface area contributed by atoms with Crippen LogP contribution in [0.2, 0.25) is 0 Å². The molecule has 0 aliphatic carbocycles. The zero-order valence-corrected chi connectivity index (χ0v) is 6.97. The van der Waals surface area contributed by atoms with E-state index in [9.17, 15) is 0 Å². The third-order valence-corrected chi connectivity index (χ3v) is 0.890. The molecule has 0 unspecified atom stereocenters. The van der Waals surface area contributed by atoms with Crippen molar-refractivity contribution >= 4 is 0 Å². The second-order valence-electron chi connectivity index (χ2n) is 3.18. The molecule has 0 aliphatic heterocycles. The minimum absolute atomic E-state index is 0.0972. The van der Waals surface area contributed by atoms with E-state index in [-0.39, 0.29) is 11.1 Å².